The molecule has 0 bridgehead atoms. The number of ether oxygens (including phenoxy) is 1. The van der Waals surface area contributed by atoms with E-state index in [1.807, 2.05) is 42.5 Å². The molecule has 3 rings (SSSR count). The largest absolute Gasteiger partial charge is 0.488 e. The number of rotatable bonds is 5. The zero-order chi connectivity index (χ0) is 20.3. The summed E-state index contributed by atoms with van der Waals surface area (Å²) < 4.78 is 28.4. The van der Waals surface area contributed by atoms with E-state index in [2.05, 4.69) is 0 Å². The number of carboxylic acids is 1. The molecule has 26 heavy (non-hydrogen) atoms. The highest BCUT2D eigenvalue weighted by Crippen LogP contribution is 2.37. The second kappa shape index (κ2) is 8.88. The minimum Gasteiger partial charge on any atom is -0.488 e. The van der Waals surface area contributed by atoms with Crippen LogP contribution in [0.1, 0.15) is 32.8 Å². The van der Waals surface area contributed by atoms with Crippen LogP contribution in [0.5, 0.6) is 5.75 Å². The number of carbonyl (C=O) groups is 1. The predicted octanol–water partition coefficient (Wildman–Crippen LogP) is 4.01. The zero-order valence-electron chi connectivity index (χ0n) is 17.6. The van der Waals surface area contributed by atoms with Crippen molar-refractivity contribution >= 4 is 23.9 Å². The fraction of sp³-hybridized carbons (Fsp3) is 0.286. The first-order valence-corrected chi connectivity index (χ1v) is 8.23. The van der Waals surface area contributed by atoms with Gasteiger partial charge in [0.15, 0.2) is 0 Å². The lowest BCUT2D eigenvalue weighted by Gasteiger charge is -2.13. The van der Waals surface area contributed by atoms with Gasteiger partial charge in [0, 0.05) is 16.2 Å². The number of hydrogen-bond donors (Lipinski definition) is 1. The zero-order valence-corrected chi connectivity index (χ0v) is 15.4. The molecule has 0 saturated heterocycles. The molecule has 1 N–H and O–H groups in total. The Balaban J connectivity index is 0.00000300. The van der Waals surface area contributed by atoms with E-state index >= 15 is 0 Å². The van der Waals surface area contributed by atoms with Crippen molar-refractivity contribution in [3.63, 3.8) is 0 Å². The number of fused-ring (bicyclic) bond motifs is 2. The van der Waals surface area contributed by atoms with Gasteiger partial charge in [0.25, 0.3) is 0 Å². The van der Waals surface area contributed by atoms with E-state index in [1.54, 1.807) is 13.1 Å². The second-order valence-electron chi connectivity index (χ2n) is 6.17. The van der Waals surface area contributed by atoms with Gasteiger partial charge >= 0.3 is 5.97 Å². The van der Waals surface area contributed by atoms with Crippen LogP contribution in [0.2, 0.25) is 0 Å². The van der Waals surface area contributed by atoms with Crippen LogP contribution in [0.4, 0.5) is 0 Å². The van der Waals surface area contributed by atoms with Crippen LogP contribution in [0.15, 0.2) is 48.5 Å². The summed E-state index contributed by atoms with van der Waals surface area (Å²) in [7, 11) is 1.58. The summed E-state index contributed by atoms with van der Waals surface area (Å²) in [5, 5.41) is 9.12. The topological polar surface area (TPSA) is 49.8 Å². The first-order valence-electron chi connectivity index (χ1n) is 9.73. The Morgan fingerprint density at radius 1 is 1.31 bits per heavy atom. The Hall–Kier alpha value is -2.30. The number of aliphatic carboxylic acids is 1. The summed E-state index contributed by atoms with van der Waals surface area (Å²) >= 11 is 0. The maximum Gasteiger partial charge on any atom is 0.307 e. The van der Waals surface area contributed by atoms with Crippen LogP contribution in [0, 0.1) is 0 Å². The van der Waals surface area contributed by atoms with E-state index in [-0.39, 0.29) is 18.8 Å². The van der Waals surface area contributed by atoms with Gasteiger partial charge in [-0.2, -0.15) is 0 Å². The quantitative estimate of drug-likeness (QED) is 0.856. The molecule has 0 unspecified atom stereocenters. The molecule has 0 spiro atoms. The molecule has 0 aromatic heterocycles. The van der Waals surface area contributed by atoms with Gasteiger partial charge in [-0.1, -0.05) is 36.4 Å². The smallest absolute Gasteiger partial charge is 0.307 e. The van der Waals surface area contributed by atoms with Gasteiger partial charge in [-0.05, 0) is 54.8 Å². The molecule has 1 heterocycles. The molecule has 1 aliphatic rings. The first-order chi connectivity index (χ1) is 13.3. The van der Waals surface area contributed by atoms with E-state index in [1.165, 1.54) is 4.90 Å². The van der Waals surface area contributed by atoms with Crippen LogP contribution < -0.4 is 4.74 Å². The normalized spacial score (nSPS) is 16.2. The minimum atomic E-state index is -2.13. The van der Waals surface area contributed by atoms with Gasteiger partial charge in [0.1, 0.15) is 12.4 Å². The fourth-order valence-electron chi connectivity index (χ4n) is 3.03. The highest BCUT2D eigenvalue weighted by molar-refractivity contribution is 5.86. The summed E-state index contributed by atoms with van der Waals surface area (Å²) in [6.07, 6.45) is 2.49. The Bertz CT molecular complexity index is 912. The van der Waals surface area contributed by atoms with Crippen molar-refractivity contribution < 1.29 is 18.8 Å². The maximum absolute atomic E-state index is 11.1. The Kier molecular flexibility index (Phi) is 5.43. The van der Waals surface area contributed by atoms with Gasteiger partial charge in [-0.15, -0.1) is 12.4 Å². The molecule has 0 amide bonds. The predicted molar refractivity (Wildman–Crippen MR) is 106 cm³/mol. The summed E-state index contributed by atoms with van der Waals surface area (Å²) in [6.45, 7) is -1.32. The number of nitrogens with zero attached hydrogens (tertiary/aromatic N) is 1. The number of carboxylic acid groups (broad SMARTS) is 1. The Morgan fingerprint density at radius 3 is 2.88 bits per heavy atom. The number of benzene rings is 2. The summed E-state index contributed by atoms with van der Waals surface area (Å²) in [5.41, 5.74) is 4.52. The van der Waals surface area contributed by atoms with Gasteiger partial charge in [0.05, 0.1) is 6.42 Å². The molecule has 0 saturated carbocycles. The van der Waals surface area contributed by atoms with Crippen molar-refractivity contribution in [1.82, 2.24) is 4.90 Å². The molecule has 0 atom stereocenters. The average Bonchev–Trinajstić information content (AvgIpc) is 2.78. The molecular weight excluding hydrogens is 350 g/mol. The molecule has 1 aliphatic heterocycles. The average molecular weight is 377 g/mol. The number of hydrogen-bond acceptors (Lipinski definition) is 3. The monoisotopic (exact) mass is 376 g/mol. The molecule has 2 aromatic carbocycles. The van der Waals surface area contributed by atoms with Crippen molar-refractivity contribution in [1.29, 1.82) is 0 Å². The van der Waals surface area contributed by atoms with Crippen LogP contribution >= 0.6 is 12.4 Å². The highest BCUT2D eigenvalue weighted by Gasteiger charge is 2.19. The molecule has 0 radical (unpaired) electrons. The Labute approximate surface area is 164 Å². The summed E-state index contributed by atoms with van der Waals surface area (Å²) in [5.74, 6) is -0.194. The summed E-state index contributed by atoms with van der Waals surface area (Å²) in [6, 6.07) is 13.3. The molecular formula is C21H24ClNO3. The first kappa shape index (κ1) is 15.9. The van der Waals surface area contributed by atoms with E-state index in [9.17, 15) is 4.79 Å². The highest BCUT2D eigenvalue weighted by atomic mass is 35.5. The second-order valence-corrected chi connectivity index (χ2v) is 6.17. The van der Waals surface area contributed by atoms with Crippen LogP contribution in [0.3, 0.4) is 0 Å². The Morgan fingerprint density at radius 2 is 2.12 bits per heavy atom. The van der Waals surface area contributed by atoms with Crippen molar-refractivity contribution in [3.05, 3.63) is 70.8 Å². The standard InChI is InChI=1S/C21H23NO3.ClH/c1-22(2)11-5-8-18-17-7-4-3-6-16(17)14-25-20-10-9-15(12-19(18)20)13-21(23)24;/h3-4,6-10,12H,5,11,13-14H2,1-2H3,(H,23,24);1H/b18-8+;/i1D3;. The van der Waals surface area contributed by atoms with Crippen molar-refractivity contribution in [2.24, 2.45) is 0 Å². The van der Waals surface area contributed by atoms with Gasteiger partial charge in [0.2, 0.25) is 0 Å². The van der Waals surface area contributed by atoms with Gasteiger partial charge < -0.3 is 14.7 Å². The summed E-state index contributed by atoms with van der Waals surface area (Å²) in [4.78, 5) is 12.5. The van der Waals surface area contributed by atoms with Crippen LogP contribution in [0.25, 0.3) is 5.57 Å². The molecule has 4 nitrogen and oxygen atoms in total. The minimum absolute atomic E-state index is 0. The van der Waals surface area contributed by atoms with Gasteiger partial charge in [-0.3, -0.25) is 4.79 Å². The number of halogens is 1. The van der Waals surface area contributed by atoms with Crippen LogP contribution in [-0.2, 0) is 17.8 Å². The third-order valence-corrected chi connectivity index (χ3v) is 4.19. The van der Waals surface area contributed by atoms with Gasteiger partial charge in [-0.25, -0.2) is 0 Å². The lowest BCUT2D eigenvalue weighted by atomic mass is 9.92. The van der Waals surface area contributed by atoms with E-state index < -0.39 is 12.9 Å². The molecule has 2 aromatic rings. The third kappa shape index (κ3) is 4.65. The van der Waals surface area contributed by atoms with E-state index in [0.29, 0.717) is 30.9 Å². The lowest BCUT2D eigenvalue weighted by Crippen LogP contribution is -2.12. The van der Waals surface area contributed by atoms with Crippen molar-refractivity contribution in [3.8, 4) is 5.75 Å². The van der Waals surface area contributed by atoms with Crippen molar-refractivity contribution in [2.75, 3.05) is 20.6 Å². The molecule has 138 valence electrons. The van der Waals surface area contributed by atoms with E-state index in [4.69, 9.17) is 14.0 Å². The fourth-order valence-corrected chi connectivity index (χ4v) is 3.03. The van der Waals surface area contributed by atoms with E-state index in [0.717, 1.165) is 22.3 Å². The molecule has 0 aliphatic carbocycles. The molecule has 0 fully saturated rings. The third-order valence-electron chi connectivity index (χ3n) is 4.19. The van der Waals surface area contributed by atoms with Crippen molar-refractivity contribution in [2.45, 2.75) is 19.4 Å². The van der Waals surface area contributed by atoms with Crippen LogP contribution in [-0.4, -0.2) is 36.5 Å². The molecule has 5 heteroatoms. The lowest BCUT2D eigenvalue weighted by molar-refractivity contribution is -0.136. The SMILES string of the molecule is Cl.[2H]C([2H])([2H])N(C)CC/C=C1\c2ccccc2COc2ccc(CC(=O)O)cc21. The maximum atomic E-state index is 11.1.